The summed E-state index contributed by atoms with van der Waals surface area (Å²) in [5.74, 6) is 0. The molecule has 1 atom stereocenters. The Morgan fingerprint density at radius 1 is 1.48 bits per heavy atom. The summed E-state index contributed by atoms with van der Waals surface area (Å²) in [5, 5.41) is 0.238. The molecule has 0 aromatic carbocycles. The maximum Gasteiger partial charge on any atom is 0.238 e. The summed E-state index contributed by atoms with van der Waals surface area (Å²) < 4.78 is 30.0. The van der Waals surface area contributed by atoms with Gasteiger partial charge in [-0.1, -0.05) is 11.6 Å². The Balaban J connectivity index is 2.22. The van der Waals surface area contributed by atoms with E-state index in [9.17, 15) is 8.42 Å². The van der Waals surface area contributed by atoms with Crippen molar-refractivity contribution >= 4 is 38.5 Å². The van der Waals surface area contributed by atoms with Gasteiger partial charge in [0, 0.05) is 18.7 Å². The number of anilines is 1. The van der Waals surface area contributed by atoms with E-state index in [1.807, 2.05) is 6.92 Å². The minimum atomic E-state index is -3.47. The molecule has 1 aliphatic heterocycles. The van der Waals surface area contributed by atoms with E-state index in [0.29, 0.717) is 25.3 Å². The van der Waals surface area contributed by atoms with Crippen LogP contribution in [0.5, 0.6) is 0 Å². The molecule has 2 aromatic rings. The molecule has 21 heavy (non-hydrogen) atoms. The molecule has 0 radical (unpaired) electrons. The standard InChI is InChI=1S/C12H15ClN4O3S/c1-8-6-20-4-3-16(8)9-5-10(13)15-12-11(9)14-7-17(12)21(2,18)19/h5,7-8H,3-4,6H2,1-2H3. The van der Waals surface area contributed by atoms with Gasteiger partial charge in [-0.2, -0.15) is 0 Å². The third kappa shape index (κ3) is 2.58. The lowest BCUT2D eigenvalue weighted by Crippen LogP contribution is -2.43. The number of pyridine rings is 1. The number of ether oxygens (including phenoxy) is 1. The fraction of sp³-hybridized carbons (Fsp3) is 0.500. The van der Waals surface area contributed by atoms with Crippen LogP contribution in [0.1, 0.15) is 6.92 Å². The summed E-state index contributed by atoms with van der Waals surface area (Å²) in [4.78, 5) is 10.4. The quantitative estimate of drug-likeness (QED) is 0.768. The Kier molecular flexibility index (Phi) is 3.54. The highest BCUT2D eigenvalue weighted by molar-refractivity contribution is 7.89. The van der Waals surface area contributed by atoms with Crippen LogP contribution in [0.25, 0.3) is 11.2 Å². The maximum atomic E-state index is 11.8. The molecule has 0 N–H and O–H groups in total. The van der Waals surface area contributed by atoms with Crippen molar-refractivity contribution in [1.82, 2.24) is 13.9 Å². The van der Waals surface area contributed by atoms with Crippen molar-refractivity contribution in [2.45, 2.75) is 13.0 Å². The monoisotopic (exact) mass is 330 g/mol. The number of hydrogen-bond acceptors (Lipinski definition) is 6. The van der Waals surface area contributed by atoms with Crippen molar-refractivity contribution in [3.05, 3.63) is 17.5 Å². The molecule has 3 rings (SSSR count). The maximum absolute atomic E-state index is 11.8. The van der Waals surface area contributed by atoms with Gasteiger partial charge in [0.05, 0.1) is 25.2 Å². The molecule has 0 amide bonds. The number of fused-ring (bicyclic) bond motifs is 1. The Hall–Kier alpha value is -1.38. The highest BCUT2D eigenvalue weighted by Crippen LogP contribution is 2.30. The molecule has 0 spiro atoms. The molecular weight excluding hydrogens is 316 g/mol. The molecule has 1 aliphatic rings. The number of aromatic nitrogens is 3. The van der Waals surface area contributed by atoms with Crippen LogP contribution in [0.15, 0.2) is 12.4 Å². The number of morpholine rings is 1. The first kappa shape index (κ1) is 14.6. The van der Waals surface area contributed by atoms with Crippen LogP contribution in [-0.4, -0.2) is 54.4 Å². The first-order valence-corrected chi connectivity index (χ1v) is 8.69. The molecule has 0 aliphatic carbocycles. The van der Waals surface area contributed by atoms with Crippen molar-refractivity contribution in [1.29, 1.82) is 0 Å². The van der Waals surface area contributed by atoms with Crippen molar-refractivity contribution in [2.75, 3.05) is 30.9 Å². The van der Waals surface area contributed by atoms with E-state index in [1.165, 1.54) is 6.33 Å². The van der Waals surface area contributed by atoms with Gasteiger partial charge >= 0.3 is 0 Å². The Morgan fingerprint density at radius 2 is 2.24 bits per heavy atom. The first-order chi connectivity index (χ1) is 9.88. The molecule has 1 unspecified atom stereocenters. The molecule has 0 saturated carbocycles. The summed E-state index contributed by atoms with van der Waals surface area (Å²) in [6.07, 6.45) is 2.37. The predicted octanol–water partition coefficient (Wildman–Crippen LogP) is 1.12. The van der Waals surface area contributed by atoms with Crippen LogP contribution in [0.2, 0.25) is 5.15 Å². The van der Waals surface area contributed by atoms with Crippen LogP contribution in [0, 0.1) is 0 Å². The second-order valence-corrected chi connectivity index (χ2v) is 7.30. The van der Waals surface area contributed by atoms with E-state index in [4.69, 9.17) is 16.3 Å². The zero-order valence-electron chi connectivity index (χ0n) is 11.7. The van der Waals surface area contributed by atoms with Gasteiger partial charge in [-0.15, -0.1) is 0 Å². The SMILES string of the molecule is CC1COCCN1c1cc(Cl)nc2c1ncn2S(C)(=O)=O. The second kappa shape index (κ2) is 5.11. The Labute approximate surface area is 127 Å². The lowest BCUT2D eigenvalue weighted by atomic mass is 10.2. The minimum absolute atomic E-state index is 0.156. The van der Waals surface area contributed by atoms with Crippen LogP contribution in [-0.2, 0) is 14.8 Å². The van der Waals surface area contributed by atoms with Gasteiger partial charge in [0.15, 0.2) is 5.65 Å². The number of hydrogen-bond donors (Lipinski definition) is 0. The molecule has 0 bridgehead atoms. The first-order valence-electron chi connectivity index (χ1n) is 6.46. The molecular formula is C12H15ClN4O3S. The van der Waals surface area contributed by atoms with E-state index in [0.717, 1.165) is 15.9 Å². The van der Waals surface area contributed by atoms with Gasteiger partial charge < -0.3 is 9.64 Å². The van der Waals surface area contributed by atoms with E-state index >= 15 is 0 Å². The molecule has 7 nitrogen and oxygen atoms in total. The van der Waals surface area contributed by atoms with Crippen LogP contribution in [0.4, 0.5) is 5.69 Å². The van der Waals surface area contributed by atoms with Crippen LogP contribution < -0.4 is 4.90 Å². The van der Waals surface area contributed by atoms with E-state index in [1.54, 1.807) is 6.07 Å². The van der Waals surface area contributed by atoms with E-state index in [2.05, 4.69) is 14.9 Å². The summed E-state index contributed by atoms with van der Waals surface area (Å²) in [5.41, 5.74) is 1.56. The molecule has 114 valence electrons. The van der Waals surface area contributed by atoms with Crippen molar-refractivity contribution < 1.29 is 13.2 Å². The number of imidazole rings is 1. The average molecular weight is 331 g/mol. The highest BCUT2D eigenvalue weighted by Gasteiger charge is 2.24. The van der Waals surface area contributed by atoms with Gasteiger partial charge in [-0.3, -0.25) is 0 Å². The van der Waals surface area contributed by atoms with Crippen molar-refractivity contribution in [3.8, 4) is 0 Å². The molecule has 1 fully saturated rings. The van der Waals surface area contributed by atoms with Crippen LogP contribution in [0.3, 0.4) is 0 Å². The topological polar surface area (TPSA) is 77.3 Å². The van der Waals surface area contributed by atoms with Gasteiger partial charge in [0.25, 0.3) is 0 Å². The largest absolute Gasteiger partial charge is 0.377 e. The molecule has 2 aromatic heterocycles. The van der Waals surface area contributed by atoms with Crippen LogP contribution >= 0.6 is 11.6 Å². The fourth-order valence-corrected chi connectivity index (χ4v) is 3.31. The minimum Gasteiger partial charge on any atom is -0.377 e. The third-order valence-corrected chi connectivity index (χ3v) is 4.63. The fourth-order valence-electron chi connectivity index (χ4n) is 2.47. The summed E-state index contributed by atoms with van der Waals surface area (Å²) >= 11 is 6.06. The van der Waals surface area contributed by atoms with Gasteiger partial charge in [0.2, 0.25) is 10.0 Å². The van der Waals surface area contributed by atoms with E-state index in [-0.39, 0.29) is 16.8 Å². The van der Waals surface area contributed by atoms with Crippen molar-refractivity contribution in [2.24, 2.45) is 0 Å². The lowest BCUT2D eigenvalue weighted by molar-refractivity contribution is 0.0991. The third-order valence-electron chi connectivity index (χ3n) is 3.46. The average Bonchev–Trinajstić information content (AvgIpc) is 2.82. The summed E-state index contributed by atoms with van der Waals surface area (Å²) in [6.45, 7) is 3.95. The summed E-state index contributed by atoms with van der Waals surface area (Å²) in [6, 6.07) is 1.87. The Morgan fingerprint density at radius 3 is 2.90 bits per heavy atom. The smallest absolute Gasteiger partial charge is 0.238 e. The lowest BCUT2D eigenvalue weighted by Gasteiger charge is -2.35. The molecule has 1 saturated heterocycles. The van der Waals surface area contributed by atoms with Gasteiger partial charge in [-0.05, 0) is 6.92 Å². The number of rotatable bonds is 2. The molecule has 3 heterocycles. The normalized spacial score (nSPS) is 20.1. The Bertz CT molecular complexity index is 789. The van der Waals surface area contributed by atoms with Crippen molar-refractivity contribution in [3.63, 3.8) is 0 Å². The van der Waals surface area contributed by atoms with Gasteiger partial charge in [-0.25, -0.2) is 22.4 Å². The van der Waals surface area contributed by atoms with E-state index < -0.39 is 10.0 Å². The second-order valence-electron chi connectivity index (χ2n) is 5.06. The zero-order valence-corrected chi connectivity index (χ0v) is 13.2. The van der Waals surface area contributed by atoms with Gasteiger partial charge in [0.1, 0.15) is 17.0 Å². The number of halogens is 1. The highest BCUT2D eigenvalue weighted by atomic mass is 35.5. The predicted molar refractivity (Wildman–Crippen MR) is 80.4 cm³/mol. The number of nitrogens with zero attached hydrogens (tertiary/aromatic N) is 4. The summed E-state index contributed by atoms with van der Waals surface area (Å²) in [7, 11) is -3.47. The molecule has 9 heteroatoms. The zero-order chi connectivity index (χ0) is 15.2.